The molecule has 2 aliphatic heterocycles. The number of nitrogens with zero attached hydrogens (tertiary/aromatic N) is 1. The minimum atomic E-state index is -2.79. The van der Waals surface area contributed by atoms with Gasteiger partial charge in [-0.2, -0.15) is 0 Å². The Morgan fingerprint density at radius 2 is 2.05 bits per heavy atom. The van der Waals surface area contributed by atoms with Gasteiger partial charge in [0.2, 0.25) is 0 Å². The Labute approximate surface area is 124 Å². The lowest BCUT2D eigenvalue weighted by molar-refractivity contribution is 0.263. The average Bonchev–Trinajstić information content (AvgIpc) is 2.61. The second kappa shape index (κ2) is 7.76. The van der Waals surface area contributed by atoms with Crippen LogP contribution in [0, 0.1) is 5.92 Å². The molecule has 0 aromatic rings. The summed E-state index contributed by atoms with van der Waals surface area (Å²) in [6, 6.07) is 0.170. The molecule has 0 aromatic heterocycles. The number of sulfone groups is 1. The molecule has 2 unspecified atom stereocenters. The first-order valence-corrected chi connectivity index (χ1v) is 10.1. The number of likely N-dealkylation sites (tertiary alicyclic amines) is 1. The summed E-state index contributed by atoms with van der Waals surface area (Å²) in [7, 11) is -2.79. The topological polar surface area (TPSA) is 49.4 Å². The Morgan fingerprint density at radius 1 is 1.20 bits per heavy atom. The summed E-state index contributed by atoms with van der Waals surface area (Å²) in [6.07, 6.45) is 7.65. The Morgan fingerprint density at radius 3 is 2.80 bits per heavy atom. The molecular weight excluding hydrogens is 272 g/mol. The number of rotatable bonds is 5. The van der Waals surface area contributed by atoms with Gasteiger partial charge in [0.15, 0.2) is 9.84 Å². The monoisotopic (exact) mass is 302 g/mol. The number of hydrogen-bond donors (Lipinski definition) is 1. The SMILES string of the molecule is CCCC1CCCN(CCC2CS(=O)(=O)CCN2)CC1. The van der Waals surface area contributed by atoms with Crippen LogP contribution in [0.4, 0.5) is 0 Å². The minimum absolute atomic E-state index is 0.170. The third-order valence-corrected chi connectivity index (χ3v) is 6.47. The van der Waals surface area contributed by atoms with Crippen LogP contribution in [0.25, 0.3) is 0 Å². The standard InChI is InChI=1S/C15H30N2O2S/c1-2-4-14-5-3-9-17(10-6-14)11-7-15-13-20(18,19)12-8-16-15/h14-16H,2-13H2,1H3. The third-order valence-electron chi connectivity index (χ3n) is 4.73. The molecule has 2 rings (SSSR count). The van der Waals surface area contributed by atoms with Gasteiger partial charge >= 0.3 is 0 Å². The Bertz CT molecular complexity index is 383. The fourth-order valence-electron chi connectivity index (χ4n) is 3.54. The molecule has 0 spiro atoms. The first-order chi connectivity index (χ1) is 9.59. The highest BCUT2D eigenvalue weighted by Crippen LogP contribution is 2.22. The van der Waals surface area contributed by atoms with E-state index in [0.29, 0.717) is 18.1 Å². The largest absolute Gasteiger partial charge is 0.312 e. The van der Waals surface area contributed by atoms with E-state index in [1.54, 1.807) is 0 Å². The van der Waals surface area contributed by atoms with Crippen LogP contribution in [0.2, 0.25) is 0 Å². The van der Waals surface area contributed by atoms with Gasteiger partial charge in [0.1, 0.15) is 0 Å². The van der Waals surface area contributed by atoms with Gasteiger partial charge in [-0.1, -0.05) is 19.8 Å². The molecule has 0 aromatic carbocycles. The van der Waals surface area contributed by atoms with E-state index in [2.05, 4.69) is 17.1 Å². The zero-order valence-electron chi connectivity index (χ0n) is 12.8. The maximum Gasteiger partial charge on any atom is 0.153 e. The van der Waals surface area contributed by atoms with E-state index in [9.17, 15) is 8.42 Å². The molecule has 2 heterocycles. The van der Waals surface area contributed by atoms with Crippen molar-refractivity contribution in [1.82, 2.24) is 10.2 Å². The van der Waals surface area contributed by atoms with Crippen LogP contribution >= 0.6 is 0 Å². The van der Waals surface area contributed by atoms with Crippen molar-refractivity contribution in [3.8, 4) is 0 Å². The van der Waals surface area contributed by atoms with Crippen molar-refractivity contribution in [3.05, 3.63) is 0 Å². The lowest BCUT2D eigenvalue weighted by Crippen LogP contribution is -2.46. The molecule has 5 heteroatoms. The first-order valence-electron chi connectivity index (χ1n) is 8.25. The molecule has 0 amide bonds. The maximum absolute atomic E-state index is 11.6. The molecule has 118 valence electrons. The number of nitrogens with one attached hydrogen (secondary N) is 1. The molecule has 2 atom stereocenters. The van der Waals surface area contributed by atoms with Gasteiger partial charge in [-0.3, -0.25) is 0 Å². The van der Waals surface area contributed by atoms with Crippen molar-refractivity contribution >= 4 is 9.84 Å². The lowest BCUT2D eigenvalue weighted by Gasteiger charge is -2.27. The van der Waals surface area contributed by atoms with E-state index >= 15 is 0 Å². The van der Waals surface area contributed by atoms with E-state index in [-0.39, 0.29) is 6.04 Å². The van der Waals surface area contributed by atoms with E-state index in [1.807, 2.05) is 0 Å². The van der Waals surface area contributed by atoms with Crippen molar-refractivity contribution < 1.29 is 8.42 Å². The third kappa shape index (κ3) is 5.34. The summed E-state index contributed by atoms with van der Waals surface area (Å²) in [5, 5.41) is 3.35. The van der Waals surface area contributed by atoms with Crippen LogP contribution < -0.4 is 5.32 Å². The van der Waals surface area contributed by atoms with E-state index in [0.717, 1.165) is 18.9 Å². The van der Waals surface area contributed by atoms with Gasteiger partial charge in [-0.15, -0.1) is 0 Å². The predicted molar refractivity (Wildman–Crippen MR) is 83.8 cm³/mol. The zero-order valence-corrected chi connectivity index (χ0v) is 13.6. The molecule has 0 saturated carbocycles. The first kappa shape index (κ1) is 16.2. The van der Waals surface area contributed by atoms with Crippen molar-refractivity contribution in [2.24, 2.45) is 5.92 Å². The van der Waals surface area contributed by atoms with Crippen LogP contribution in [0.5, 0.6) is 0 Å². The molecule has 2 saturated heterocycles. The second-order valence-corrected chi connectivity index (χ2v) is 8.71. The van der Waals surface area contributed by atoms with Gasteiger partial charge in [-0.25, -0.2) is 8.42 Å². The Hall–Kier alpha value is -0.130. The van der Waals surface area contributed by atoms with E-state index in [4.69, 9.17) is 0 Å². The van der Waals surface area contributed by atoms with Crippen molar-refractivity contribution in [2.45, 2.75) is 51.5 Å². The molecule has 2 aliphatic rings. The van der Waals surface area contributed by atoms with Crippen LogP contribution in [0.3, 0.4) is 0 Å². The minimum Gasteiger partial charge on any atom is -0.312 e. The highest BCUT2D eigenvalue weighted by Gasteiger charge is 2.25. The molecule has 20 heavy (non-hydrogen) atoms. The molecule has 0 aliphatic carbocycles. The number of hydrogen-bond acceptors (Lipinski definition) is 4. The van der Waals surface area contributed by atoms with Crippen LogP contribution in [0.1, 0.15) is 45.4 Å². The molecule has 4 nitrogen and oxygen atoms in total. The highest BCUT2D eigenvalue weighted by molar-refractivity contribution is 7.91. The second-order valence-electron chi connectivity index (χ2n) is 6.48. The molecule has 2 fully saturated rings. The fraction of sp³-hybridized carbons (Fsp3) is 1.00. The van der Waals surface area contributed by atoms with Gasteiger partial charge in [0.05, 0.1) is 11.5 Å². The van der Waals surface area contributed by atoms with Crippen molar-refractivity contribution in [3.63, 3.8) is 0 Å². The van der Waals surface area contributed by atoms with Gasteiger partial charge in [0, 0.05) is 12.6 Å². The summed E-state index contributed by atoms with van der Waals surface area (Å²) in [5.41, 5.74) is 0. The Kier molecular flexibility index (Phi) is 6.30. The van der Waals surface area contributed by atoms with Crippen LogP contribution in [-0.2, 0) is 9.84 Å². The molecule has 1 N–H and O–H groups in total. The summed E-state index contributed by atoms with van der Waals surface area (Å²) in [6.45, 7) is 6.35. The Balaban J connectivity index is 1.71. The zero-order chi connectivity index (χ0) is 14.4. The average molecular weight is 302 g/mol. The van der Waals surface area contributed by atoms with Crippen molar-refractivity contribution in [2.75, 3.05) is 37.7 Å². The quantitative estimate of drug-likeness (QED) is 0.839. The smallest absolute Gasteiger partial charge is 0.153 e. The summed E-state index contributed by atoms with van der Waals surface area (Å²) >= 11 is 0. The normalized spacial score (nSPS) is 31.9. The lowest BCUT2D eigenvalue weighted by atomic mass is 9.96. The van der Waals surface area contributed by atoms with Crippen molar-refractivity contribution in [1.29, 1.82) is 0 Å². The predicted octanol–water partition coefficient (Wildman–Crippen LogP) is 1.67. The van der Waals surface area contributed by atoms with Crippen LogP contribution in [0.15, 0.2) is 0 Å². The summed E-state index contributed by atoms with van der Waals surface area (Å²) in [4.78, 5) is 2.54. The molecule has 0 radical (unpaired) electrons. The summed E-state index contributed by atoms with van der Waals surface area (Å²) in [5.74, 6) is 1.56. The summed E-state index contributed by atoms with van der Waals surface area (Å²) < 4.78 is 23.3. The van der Waals surface area contributed by atoms with Gasteiger partial charge in [-0.05, 0) is 51.2 Å². The fourth-order valence-corrected chi connectivity index (χ4v) is 5.03. The van der Waals surface area contributed by atoms with Gasteiger partial charge < -0.3 is 10.2 Å². The van der Waals surface area contributed by atoms with E-state index < -0.39 is 9.84 Å². The highest BCUT2D eigenvalue weighted by atomic mass is 32.2. The maximum atomic E-state index is 11.6. The van der Waals surface area contributed by atoms with Gasteiger partial charge in [0.25, 0.3) is 0 Å². The van der Waals surface area contributed by atoms with E-state index in [1.165, 1.54) is 45.2 Å². The van der Waals surface area contributed by atoms with Crippen LogP contribution in [-0.4, -0.2) is 57.0 Å². The molecule has 0 bridgehead atoms. The molecular formula is C15H30N2O2S.